The summed E-state index contributed by atoms with van der Waals surface area (Å²) in [6.07, 6.45) is 0. The molecule has 0 aliphatic rings. The van der Waals surface area contributed by atoms with Crippen LogP contribution in [0.4, 0.5) is 5.13 Å². The van der Waals surface area contributed by atoms with Crippen LogP contribution >= 0.6 is 11.3 Å². The lowest BCUT2D eigenvalue weighted by Gasteiger charge is -2.13. The first-order valence-electron chi connectivity index (χ1n) is 8.83. The van der Waals surface area contributed by atoms with Crippen LogP contribution in [0, 0.1) is 0 Å². The van der Waals surface area contributed by atoms with E-state index in [1.54, 1.807) is 51.7 Å². The van der Waals surface area contributed by atoms with Gasteiger partial charge in [0.05, 0.1) is 41.2 Å². The fourth-order valence-electron chi connectivity index (χ4n) is 2.84. The third kappa shape index (κ3) is 4.25. The summed E-state index contributed by atoms with van der Waals surface area (Å²) in [5.41, 5.74) is 1.87. The zero-order valence-corrected chi connectivity index (χ0v) is 18.1. The van der Waals surface area contributed by atoms with Crippen LogP contribution in [-0.2, 0) is 0 Å². The number of methoxy groups -OCH3 is 5. The Morgan fingerprint density at radius 3 is 2.03 bits per heavy atom. The molecular weight excluding hydrogens is 408 g/mol. The highest BCUT2D eigenvalue weighted by atomic mass is 32.1. The molecule has 0 aliphatic carbocycles. The SMILES string of the molecule is COc1ccc(C(=O)Nc2nc(-c3cc(OC)c(OC)c(OC)c3)cs2)cc1OC. The minimum Gasteiger partial charge on any atom is -0.493 e. The molecule has 0 unspecified atom stereocenters. The zero-order chi connectivity index (χ0) is 21.7. The molecule has 3 aromatic rings. The Bertz CT molecular complexity index is 1020. The molecule has 1 heterocycles. The Hall–Kier alpha value is -3.46. The number of hydrogen-bond acceptors (Lipinski definition) is 8. The molecule has 0 atom stereocenters. The van der Waals surface area contributed by atoms with Gasteiger partial charge in [-0.2, -0.15) is 0 Å². The molecule has 1 aromatic heterocycles. The summed E-state index contributed by atoms with van der Waals surface area (Å²) in [5.74, 6) is 2.27. The van der Waals surface area contributed by atoms with Crippen LogP contribution in [0.15, 0.2) is 35.7 Å². The molecule has 1 N–H and O–H groups in total. The van der Waals surface area contributed by atoms with Crippen molar-refractivity contribution in [2.45, 2.75) is 0 Å². The Morgan fingerprint density at radius 1 is 0.833 bits per heavy atom. The number of ether oxygens (including phenoxy) is 5. The number of thiazole rings is 1. The lowest BCUT2D eigenvalue weighted by molar-refractivity contribution is 0.102. The van der Waals surface area contributed by atoms with Gasteiger partial charge in [0.2, 0.25) is 5.75 Å². The van der Waals surface area contributed by atoms with Gasteiger partial charge in [0.1, 0.15) is 0 Å². The zero-order valence-electron chi connectivity index (χ0n) is 17.3. The van der Waals surface area contributed by atoms with Gasteiger partial charge >= 0.3 is 0 Å². The summed E-state index contributed by atoms with van der Waals surface area (Å²) in [5, 5.41) is 5.10. The van der Waals surface area contributed by atoms with E-state index in [4.69, 9.17) is 23.7 Å². The first-order valence-corrected chi connectivity index (χ1v) is 9.71. The number of carbonyl (C=O) groups is 1. The van der Waals surface area contributed by atoms with Gasteiger partial charge < -0.3 is 23.7 Å². The molecule has 0 aliphatic heterocycles. The van der Waals surface area contributed by atoms with Crippen LogP contribution < -0.4 is 29.0 Å². The van der Waals surface area contributed by atoms with E-state index in [2.05, 4.69) is 10.3 Å². The second-order valence-corrected chi connectivity index (χ2v) is 6.83. The molecule has 158 valence electrons. The van der Waals surface area contributed by atoms with Crippen molar-refractivity contribution in [1.82, 2.24) is 4.98 Å². The van der Waals surface area contributed by atoms with Gasteiger partial charge in [-0.15, -0.1) is 11.3 Å². The monoisotopic (exact) mass is 430 g/mol. The van der Waals surface area contributed by atoms with Gasteiger partial charge in [-0.1, -0.05) is 0 Å². The molecule has 3 rings (SSSR count). The Balaban J connectivity index is 1.84. The highest BCUT2D eigenvalue weighted by Gasteiger charge is 2.17. The minimum atomic E-state index is -0.304. The summed E-state index contributed by atoms with van der Waals surface area (Å²) in [6.45, 7) is 0. The lowest BCUT2D eigenvalue weighted by Crippen LogP contribution is -2.12. The molecule has 0 saturated heterocycles. The van der Waals surface area contributed by atoms with E-state index >= 15 is 0 Å². The fraction of sp³-hybridized carbons (Fsp3) is 0.238. The smallest absolute Gasteiger partial charge is 0.257 e. The summed E-state index contributed by atoms with van der Waals surface area (Å²) in [4.78, 5) is 17.1. The van der Waals surface area contributed by atoms with Gasteiger partial charge in [-0.25, -0.2) is 4.98 Å². The molecule has 0 bridgehead atoms. The standard InChI is InChI=1S/C21H22N2O6S/c1-25-15-7-6-12(8-16(15)26-2)20(24)23-21-22-14(11-30-21)13-9-17(27-3)19(29-5)18(10-13)28-4/h6-11H,1-5H3,(H,22,23,24). The highest BCUT2D eigenvalue weighted by molar-refractivity contribution is 7.14. The van der Waals surface area contributed by atoms with Gasteiger partial charge in [0.25, 0.3) is 5.91 Å². The van der Waals surface area contributed by atoms with Gasteiger partial charge in [0, 0.05) is 16.5 Å². The van der Waals surface area contributed by atoms with E-state index in [0.717, 1.165) is 5.56 Å². The number of aromatic nitrogens is 1. The van der Waals surface area contributed by atoms with E-state index in [0.29, 0.717) is 45.1 Å². The van der Waals surface area contributed by atoms with Crippen LogP contribution in [0.3, 0.4) is 0 Å². The molecule has 0 spiro atoms. The third-order valence-electron chi connectivity index (χ3n) is 4.33. The molecule has 0 saturated carbocycles. The van der Waals surface area contributed by atoms with E-state index in [-0.39, 0.29) is 5.91 Å². The number of rotatable bonds is 8. The summed E-state index contributed by atoms with van der Waals surface area (Å²) >= 11 is 1.31. The second-order valence-electron chi connectivity index (χ2n) is 5.98. The first-order chi connectivity index (χ1) is 14.5. The van der Waals surface area contributed by atoms with Crippen LogP contribution in [0.25, 0.3) is 11.3 Å². The van der Waals surface area contributed by atoms with Crippen molar-refractivity contribution in [2.75, 3.05) is 40.9 Å². The highest BCUT2D eigenvalue weighted by Crippen LogP contribution is 2.41. The summed E-state index contributed by atoms with van der Waals surface area (Å²) in [7, 11) is 7.71. The van der Waals surface area contributed by atoms with E-state index in [9.17, 15) is 4.79 Å². The van der Waals surface area contributed by atoms with E-state index in [1.807, 2.05) is 5.38 Å². The molecule has 30 heavy (non-hydrogen) atoms. The molecule has 2 aromatic carbocycles. The van der Waals surface area contributed by atoms with Crippen LogP contribution in [0.1, 0.15) is 10.4 Å². The number of nitrogens with zero attached hydrogens (tertiary/aromatic N) is 1. The van der Waals surface area contributed by atoms with Crippen LogP contribution in [0.2, 0.25) is 0 Å². The summed E-state index contributed by atoms with van der Waals surface area (Å²) < 4.78 is 26.6. The number of anilines is 1. The molecular formula is C21H22N2O6S. The largest absolute Gasteiger partial charge is 0.493 e. The van der Waals surface area contributed by atoms with Gasteiger partial charge in [-0.05, 0) is 30.3 Å². The number of amides is 1. The maximum atomic E-state index is 12.6. The molecule has 8 nitrogen and oxygen atoms in total. The Kier molecular flexibility index (Phi) is 6.63. The minimum absolute atomic E-state index is 0.304. The Labute approximate surface area is 178 Å². The second kappa shape index (κ2) is 9.36. The normalized spacial score (nSPS) is 10.3. The number of nitrogens with one attached hydrogen (secondary N) is 1. The number of hydrogen-bond donors (Lipinski definition) is 1. The maximum absolute atomic E-state index is 12.6. The topological polar surface area (TPSA) is 88.1 Å². The number of carbonyl (C=O) groups excluding carboxylic acids is 1. The Morgan fingerprint density at radius 2 is 1.47 bits per heavy atom. The molecule has 1 amide bonds. The van der Waals surface area contributed by atoms with Crippen molar-refractivity contribution in [2.24, 2.45) is 0 Å². The summed E-state index contributed by atoms with van der Waals surface area (Å²) in [6, 6.07) is 8.55. The van der Waals surface area contributed by atoms with Crippen molar-refractivity contribution < 1.29 is 28.5 Å². The number of benzene rings is 2. The maximum Gasteiger partial charge on any atom is 0.257 e. The van der Waals surface area contributed by atoms with Crippen LogP contribution in [0.5, 0.6) is 28.7 Å². The van der Waals surface area contributed by atoms with Crippen molar-refractivity contribution in [1.29, 1.82) is 0 Å². The van der Waals surface area contributed by atoms with Crippen molar-refractivity contribution in [3.63, 3.8) is 0 Å². The third-order valence-corrected chi connectivity index (χ3v) is 5.09. The predicted molar refractivity (Wildman–Crippen MR) is 115 cm³/mol. The van der Waals surface area contributed by atoms with Crippen molar-refractivity contribution in [3.05, 3.63) is 41.3 Å². The van der Waals surface area contributed by atoms with Crippen LogP contribution in [-0.4, -0.2) is 46.4 Å². The fourth-order valence-corrected chi connectivity index (χ4v) is 3.55. The van der Waals surface area contributed by atoms with E-state index < -0.39 is 0 Å². The quantitative estimate of drug-likeness (QED) is 0.575. The molecule has 0 radical (unpaired) electrons. The average molecular weight is 430 g/mol. The van der Waals surface area contributed by atoms with Crippen molar-refractivity contribution >= 4 is 22.4 Å². The first kappa shape index (κ1) is 21.3. The predicted octanol–water partition coefficient (Wildman–Crippen LogP) is 4.11. The van der Waals surface area contributed by atoms with E-state index in [1.165, 1.54) is 25.6 Å². The average Bonchev–Trinajstić information content (AvgIpc) is 3.25. The van der Waals surface area contributed by atoms with Gasteiger partial charge in [-0.3, -0.25) is 10.1 Å². The van der Waals surface area contributed by atoms with Gasteiger partial charge in [0.15, 0.2) is 28.1 Å². The molecule has 9 heteroatoms. The molecule has 0 fully saturated rings. The van der Waals surface area contributed by atoms with Crippen molar-refractivity contribution in [3.8, 4) is 40.0 Å². The lowest BCUT2D eigenvalue weighted by atomic mass is 10.1.